The fourth-order valence-electron chi connectivity index (χ4n) is 0.306. The van der Waals surface area contributed by atoms with Crippen molar-refractivity contribution in [2.45, 2.75) is 0 Å². The van der Waals surface area contributed by atoms with E-state index < -0.39 is 0 Å². The monoisotopic (exact) mass is 126 g/mol. The van der Waals surface area contributed by atoms with Crippen molar-refractivity contribution in [3.8, 4) is 0 Å². The van der Waals surface area contributed by atoms with Crippen LogP contribution in [0.3, 0.4) is 0 Å². The van der Waals surface area contributed by atoms with Crippen LogP contribution < -0.4 is 0 Å². The Hall–Kier alpha value is -0.900. The van der Waals surface area contributed by atoms with Crippen LogP contribution in [0, 0.1) is 0 Å². The van der Waals surface area contributed by atoms with Crippen molar-refractivity contribution in [2.75, 3.05) is 0 Å². The molecule has 0 radical (unpaired) electrons. The predicted octanol–water partition coefficient (Wildman–Crippen LogP) is -0.00440. The quantitative estimate of drug-likeness (QED) is 0.428. The third-order valence-corrected chi connectivity index (χ3v) is 0.924. The Labute approximate surface area is 51.1 Å². The molecule has 0 spiro atoms. The minimum Gasteiger partial charge on any atom is -0.266 e. The number of hydrogen-bond donors (Lipinski definition) is 0. The minimum absolute atomic E-state index is 0.174. The van der Waals surface area contributed by atoms with E-state index in [9.17, 15) is 4.79 Å². The third kappa shape index (κ3) is 0.840. The summed E-state index contributed by atoms with van der Waals surface area (Å²) in [5.41, 5.74) is 0. The van der Waals surface area contributed by atoms with Crippen molar-refractivity contribution in [3.63, 3.8) is 0 Å². The highest BCUT2D eigenvalue weighted by Crippen LogP contribution is 1.84. The molecule has 1 aliphatic rings. The second-order valence-corrected chi connectivity index (χ2v) is 1.63. The molecule has 0 saturated heterocycles. The number of carbonyl (C=O) groups excluding carboxylic acids is 1. The van der Waals surface area contributed by atoms with Gasteiger partial charge < -0.3 is 0 Å². The van der Waals surface area contributed by atoms with E-state index in [4.69, 9.17) is 0 Å². The maximum atomic E-state index is 10.4. The van der Waals surface area contributed by atoms with E-state index in [0.717, 1.165) is 0 Å². The molecular formula is C4H2N2OS. The van der Waals surface area contributed by atoms with Crippen LogP contribution in [-0.2, 0) is 4.79 Å². The second kappa shape index (κ2) is 1.92. The fraction of sp³-hybridized carbons (Fsp3) is 0. The van der Waals surface area contributed by atoms with Crippen LogP contribution in [0.15, 0.2) is 9.98 Å². The molecule has 0 fully saturated rings. The maximum absolute atomic E-state index is 10.4. The van der Waals surface area contributed by atoms with E-state index in [-0.39, 0.29) is 10.8 Å². The third-order valence-electron chi connectivity index (χ3n) is 0.644. The van der Waals surface area contributed by atoms with E-state index in [1.807, 2.05) is 0 Å². The zero-order chi connectivity index (χ0) is 5.98. The van der Waals surface area contributed by atoms with Gasteiger partial charge in [-0.1, -0.05) is 12.2 Å². The normalized spacial score (nSPS) is 17.5. The van der Waals surface area contributed by atoms with Crippen molar-refractivity contribution in [2.24, 2.45) is 9.98 Å². The molecule has 0 unspecified atom stereocenters. The molecular weight excluding hydrogens is 124 g/mol. The molecule has 40 valence electrons. The fourth-order valence-corrected chi connectivity index (χ4v) is 0.419. The molecule has 0 aromatic heterocycles. The zero-order valence-corrected chi connectivity index (χ0v) is 4.68. The number of rotatable bonds is 0. The Morgan fingerprint density at radius 1 is 1.62 bits per heavy atom. The topological polar surface area (TPSA) is 41.8 Å². The highest BCUT2D eigenvalue weighted by Gasteiger charge is 2.04. The van der Waals surface area contributed by atoms with Crippen molar-refractivity contribution in [1.82, 2.24) is 0 Å². The largest absolute Gasteiger partial charge is 0.290 e. The van der Waals surface area contributed by atoms with E-state index in [1.165, 1.54) is 12.6 Å². The Balaban J connectivity index is 2.89. The Morgan fingerprint density at radius 2 is 2.38 bits per heavy atom. The van der Waals surface area contributed by atoms with Gasteiger partial charge in [0.05, 0.1) is 6.21 Å². The average molecular weight is 126 g/mol. The standard InChI is InChI=1S/C4H2N2OS/c7-4-3(8)1-5-2-6-4/h1-2H. The SMILES string of the molecule is O=C1N=CN=CC1=S. The summed E-state index contributed by atoms with van der Waals surface area (Å²) in [6.07, 6.45) is 2.49. The Kier molecular flexibility index (Phi) is 1.26. The van der Waals surface area contributed by atoms with Crippen LogP contribution in [0.5, 0.6) is 0 Å². The summed E-state index contributed by atoms with van der Waals surface area (Å²) < 4.78 is 0. The van der Waals surface area contributed by atoms with Crippen molar-refractivity contribution < 1.29 is 4.79 Å². The minimum atomic E-state index is -0.380. The van der Waals surface area contributed by atoms with Crippen LogP contribution in [0.25, 0.3) is 0 Å². The summed E-state index contributed by atoms with van der Waals surface area (Å²) >= 11 is 4.52. The molecule has 0 aromatic carbocycles. The van der Waals surface area contributed by atoms with E-state index in [0.29, 0.717) is 0 Å². The van der Waals surface area contributed by atoms with Gasteiger partial charge in [0.25, 0.3) is 5.91 Å². The molecule has 0 aliphatic carbocycles. The molecule has 0 bridgehead atoms. The number of hydrogen-bond acceptors (Lipinski definition) is 3. The first-order valence-electron chi connectivity index (χ1n) is 1.95. The van der Waals surface area contributed by atoms with Crippen LogP contribution in [0.1, 0.15) is 0 Å². The molecule has 0 saturated carbocycles. The first-order chi connectivity index (χ1) is 3.80. The molecule has 1 rings (SSSR count). The summed E-state index contributed by atoms with van der Waals surface area (Å²) in [6, 6.07) is 0. The van der Waals surface area contributed by atoms with E-state index in [2.05, 4.69) is 22.2 Å². The lowest BCUT2D eigenvalue weighted by molar-refractivity contribution is -0.111. The van der Waals surface area contributed by atoms with Gasteiger partial charge >= 0.3 is 0 Å². The second-order valence-electron chi connectivity index (χ2n) is 1.19. The lowest BCUT2D eigenvalue weighted by Gasteiger charge is -1.90. The van der Waals surface area contributed by atoms with Crippen LogP contribution in [-0.4, -0.2) is 23.3 Å². The van der Waals surface area contributed by atoms with Gasteiger partial charge in [-0.25, -0.2) is 4.99 Å². The number of amides is 1. The lowest BCUT2D eigenvalue weighted by atomic mass is 10.4. The first-order valence-corrected chi connectivity index (χ1v) is 2.35. The number of thiocarbonyl (C=S) groups is 1. The number of nitrogens with zero attached hydrogens (tertiary/aromatic N) is 2. The summed E-state index contributed by atoms with van der Waals surface area (Å²) in [5.74, 6) is -0.380. The summed E-state index contributed by atoms with van der Waals surface area (Å²) in [6.45, 7) is 0. The molecule has 3 nitrogen and oxygen atoms in total. The summed E-state index contributed by atoms with van der Waals surface area (Å²) in [4.78, 5) is 17.4. The van der Waals surface area contributed by atoms with Crippen LogP contribution in [0.4, 0.5) is 0 Å². The van der Waals surface area contributed by atoms with Gasteiger partial charge in [-0.05, 0) is 0 Å². The van der Waals surface area contributed by atoms with E-state index >= 15 is 0 Å². The van der Waals surface area contributed by atoms with Gasteiger partial charge in [0, 0.05) is 0 Å². The van der Waals surface area contributed by atoms with Crippen molar-refractivity contribution >= 4 is 35.5 Å². The molecule has 0 aromatic rings. The highest BCUT2D eigenvalue weighted by molar-refractivity contribution is 7.83. The molecule has 0 N–H and O–H groups in total. The van der Waals surface area contributed by atoms with Crippen molar-refractivity contribution in [3.05, 3.63) is 0 Å². The molecule has 1 aliphatic heterocycles. The molecule has 4 heteroatoms. The van der Waals surface area contributed by atoms with Crippen molar-refractivity contribution in [1.29, 1.82) is 0 Å². The summed E-state index contributed by atoms with van der Waals surface area (Å²) in [7, 11) is 0. The Bertz CT molecular complexity index is 172. The van der Waals surface area contributed by atoms with Crippen LogP contribution in [0.2, 0.25) is 0 Å². The van der Waals surface area contributed by atoms with Gasteiger partial charge in [0.15, 0.2) is 0 Å². The highest BCUT2D eigenvalue weighted by atomic mass is 32.1. The van der Waals surface area contributed by atoms with E-state index in [1.54, 1.807) is 0 Å². The molecule has 8 heavy (non-hydrogen) atoms. The molecule has 1 heterocycles. The van der Waals surface area contributed by atoms with Gasteiger partial charge in [-0.3, -0.25) is 4.79 Å². The lowest BCUT2D eigenvalue weighted by Crippen LogP contribution is -2.12. The van der Waals surface area contributed by atoms with Gasteiger partial charge in [-0.15, -0.1) is 0 Å². The maximum Gasteiger partial charge on any atom is 0.290 e. The van der Waals surface area contributed by atoms with Gasteiger partial charge in [0.2, 0.25) is 0 Å². The average Bonchev–Trinajstić information content (AvgIpc) is 1.77. The predicted molar refractivity (Wildman–Crippen MR) is 34.6 cm³/mol. The van der Waals surface area contributed by atoms with Gasteiger partial charge in [-0.2, -0.15) is 4.99 Å². The first kappa shape index (κ1) is 5.24. The van der Waals surface area contributed by atoms with Crippen LogP contribution >= 0.6 is 12.2 Å². The van der Waals surface area contributed by atoms with Gasteiger partial charge in [0.1, 0.15) is 11.2 Å². The zero-order valence-electron chi connectivity index (χ0n) is 3.87. The number of carbonyl (C=O) groups is 1. The Morgan fingerprint density at radius 3 is 2.75 bits per heavy atom. The molecule has 1 amide bonds. The number of aliphatic imine (C=N–C) groups is 2. The summed E-state index contributed by atoms with van der Waals surface area (Å²) in [5, 5.41) is 0. The molecule has 0 atom stereocenters. The smallest absolute Gasteiger partial charge is 0.266 e.